The lowest BCUT2D eigenvalue weighted by molar-refractivity contribution is 0.0639. The minimum atomic E-state index is -1.19. The van der Waals surface area contributed by atoms with E-state index in [0.29, 0.717) is 27.5 Å². The second-order valence-electron chi connectivity index (χ2n) is 4.82. The van der Waals surface area contributed by atoms with Crippen LogP contribution in [-0.2, 0) is 17.3 Å². The fourth-order valence-corrected chi connectivity index (χ4v) is 3.36. The van der Waals surface area contributed by atoms with Crippen LogP contribution >= 0.6 is 0 Å². The molecule has 0 bridgehead atoms. The van der Waals surface area contributed by atoms with Crippen molar-refractivity contribution in [3.8, 4) is 0 Å². The number of amides is 2. The van der Waals surface area contributed by atoms with Crippen molar-refractivity contribution in [2.45, 2.75) is 18.4 Å². The number of benzene rings is 1. The molecule has 2 amide bonds. The van der Waals surface area contributed by atoms with Gasteiger partial charge in [0.1, 0.15) is 0 Å². The van der Waals surface area contributed by atoms with Crippen LogP contribution in [0.2, 0.25) is 0 Å². The zero-order valence-electron chi connectivity index (χ0n) is 12.0. The number of carbonyl (C=O) groups excluding carboxylic acids is 2. The Morgan fingerprint density at radius 3 is 2.27 bits per heavy atom. The van der Waals surface area contributed by atoms with Crippen LogP contribution in [0.4, 0.5) is 0 Å². The summed E-state index contributed by atoms with van der Waals surface area (Å²) in [5.41, 5.74) is 1.31. The van der Waals surface area contributed by atoms with Crippen LogP contribution in [0.1, 0.15) is 33.3 Å². The van der Waals surface area contributed by atoms with Crippen LogP contribution in [0, 0.1) is 0 Å². The predicted octanol–water partition coefficient (Wildman–Crippen LogP) is 2.01. The molecule has 1 aromatic carbocycles. The molecule has 2 aromatic rings. The van der Waals surface area contributed by atoms with E-state index in [2.05, 4.69) is 4.98 Å². The summed E-state index contributed by atoms with van der Waals surface area (Å²) in [4.78, 5) is 30.7. The third-order valence-corrected chi connectivity index (χ3v) is 4.93. The van der Waals surface area contributed by atoms with E-state index < -0.39 is 10.8 Å². The Balaban J connectivity index is 1.95. The molecule has 0 saturated heterocycles. The van der Waals surface area contributed by atoms with Crippen molar-refractivity contribution >= 4 is 22.6 Å². The molecule has 0 fully saturated rings. The van der Waals surface area contributed by atoms with E-state index in [1.807, 2.05) is 6.92 Å². The van der Waals surface area contributed by atoms with E-state index in [1.54, 1.807) is 42.6 Å². The molecule has 2 heterocycles. The molecule has 1 aliphatic heterocycles. The summed E-state index contributed by atoms with van der Waals surface area (Å²) in [6.07, 6.45) is 1.57. The standard InChI is InChI=1S/C16H14N2O3S/c1-2-22(21)14-8-5-9-17-13(14)10-18-15(19)11-6-3-4-7-12(11)16(18)20/h3-9H,2,10H2,1H3. The lowest BCUT2D eigenvalue weighted by Gasteiger charge is -2.15. The Bertz CT molecular complexity index is 753. The molecule has 112 valence electrons. The summed E-state index contributed by atoms with van der Waals surface area (Å²) in [5.74, 6) is -0.208. The molecule has 22 heavy (non-hydrogen) atoms. The van der Waals surface area contributed by atoms with Gasteiger partial charge in [0.05, 0.1) is 39.1 Å². The molecule has 5 nitrogen and oxygen atoms in total. The molecule has 6 heteroatoms. The SMILES string of the molecule is CCS(=O)c1cccnc1CN1C(=O)c2ccccc2C1=O. The lowest BCUT2D eigenvalue weighted by atomic mass is 10.1. The summed E-state index contributed by atoms with van der Waals surface area (Å²) in [5, 5.41) is 0. The Morgan fingerprint density at radius 1 is 1.05 bits per heavy atom. The first-order valence-electron chi connectivity index (χ1n) is 6.91. The number of hydrogen-bond donors (Lipinski definition) is 0. The largest absolute Gasteiger partial charge is 0.269 e. The van der Waals surface area contributed by atoms with Gasteiger partial charge in [-0.1, -0.05) is 19.1 Å². The van der Waals surface area contributed by atoms with E-state index in [9.17, 15) is 13.8 Å². The molecule has 1 unspecified atom stereocenters. The molecule has 0 radical (unpaired) electrons. The van der Waals surface area contributed by atoms with Gasteiger partial charge in [0.25, 0.3) is 11.8 Å². The summed E-state index contributed by atoms with van der Waals surface area (Å²) in [6.45, 7) is 1.85. The second kappa shape index (κ2) is 5.81. The number of aromatic nitrogens is 1. The highest BCUT2D eigenvalue weighted by Gasteiger charge is 2.35. The number of hydrogen-bond acceptors (Lipinski definition) is 4. The monoisotopic (exact) mass is 314 g/mol. The summed E-state index contributed by atoms with van der Waals surface area (Å²) in [7, 11) is -1.19. The molecule has 1 aromatic heterocycles. The van der Waals surface area contributed by atoms with Gasteiger partial charge in [-0.3, -0.25) is 23.7 Å². The maximum atomic E-state index is 12.4. The van der Waals surface area contributed by atoms with Gasteiger partial charge in [-0.2, -0.15) is 0 Å². The van der Waals surface area contributed by atoms with Crippen molar-refractivity contribution in [3.63, 3.8) is 0 Å². The van der Waals surface area contributed by atoms with Crippen LogP contribution in [0.3, 0.4) is 0 Å². The Kier molecular flexibility index (Phi) is 3.85. The normalized spacial score (nSPS) is 15.0. The van der Waals surface area contributed by atoms with Crippen LogP contribution in [-0.4, -0.2) is 31.7 Å². The molecule has 0 saturated carbocycles. The molecular formula is C16H14N2O3S. The van der Waals surface area contributed by atoms with Gasteiger partial charge >= 0.3 is 0 Å². The summed E-state index contributed by atoms with van der Waals surface area (Å²) in [6, 6.07) is 10.2. The Labute approximate surface area is 130 Å². The van der Waals surface area contributed by atoms with Gasteiger partial charge < -0.3 is 0 Å². The predicted molar refractivity (Wildman–Crippen MR) is 81.8 cm³/mol. The maximum absolute atomic E-state index is 12.4. The zero-order valence-corrected chi connectivity index (χ0v) is 12.8. The maximum Gasteiger partial charge on any atom is 0.261 e. The van der Waals surface area contributed by atoms with Gasteiger partial charge in [0.2, 0.25) is 0 Å². The van der Waals surface area contributed by atoms with Gasteiger partial charge in [0.15, 0.2) is 0 Å². The minimum Gasteiger partial charge on any atom is -0.269 e. The van der Waals surface area contributed by atoms with Crippen molar-refractivity contribution < 1.29 is 13.8 Å². The number of carbonyl (C=O) groups is 2. The molecule has 0 spiro atoms. The fraction of sp³-hybridized carbons (Fsp3) is 0.188. The quantitative estimate of drug-likeness (QED) is 0.810. The number of fused-ring (bicyclic) bond motifs is 1. The van der Waals surface area contributed by atoms with E-state index in [0.717, 1.165) is 4.90 Å². The minimum absolute atomic E-state index is 0.0360. The first kappa shape index (κ1) is 14.6. The number of pyridine rings is 1. The molecule has 3 rings (SSSR count). The number of rotatable bonds is 4. The summed E-state index contributed by atoms with van der Waals surface area (Å²) >= 11 is 0. The molecule has 1 atom stereocenters. The van der Waals surface area contributed by atoms with E-state index >= 15 is 0 Å². The van der Waals surface area contributed by atoms with E-state index in [-0.39, 0.29) is 18.4 Å². The average Bonchev–Trinajstić information content (AvgIpc) is 2.80. The van der Waals surface area contributed by atoms with Crippen molar-refractivity contribution in [1.29, 1.82) is 0 Å². The van der Waals surface area contributed by atoms with E-state index in [1.165, 1.54) is 0 Å². The number of imide groups is 1. The molecular weight excluding hydrogens is 300 g/mol. The smallest absolute Gasteiger partial charge is 0.261 e. The molecule has 1 aliphatic rings. The third kappa shape index (κ3) is 2.35. The second-order valence-corrected chi connectivity index (χ2v) is 6.53. The van der Waals surface area contributed by atoms with Crippen LogP contribution < -0.4 is 0 Å². The molecule has 0 aliphatic carbocycles. The highest BCUT2D eigenvalue weighted by Crippen LogP contribution is 2.25. The van der Waals surface area contributed by atoms with Crippen molar-refractivity contribution in [2.24, 2.45) is 0 Å². The van der Waals surface area contributed by atoms with Gasteiger partial charge in [0, 0.05) is 11.9 Å². The lowest BCUT2D eigenvalue weighted by Crippen LogP contribution is -2.30. The van der Waals surface area contributed by atoms with Gasteiger partial charge in [-0.05, 0) is 24.3 Å². The third-order valence-electron chi connectivity index (χ3n) is 3.54. The Morgan fingerprint density at radius 2 is 1.68 bits per heavy atom. The molecule has 0 N–H and O–H groups in total. The van der Waals surface area contributed by atoms with Crippen LogP contribution in [0.5, 0.6) is 0 Å². The van der Waals surface area contributed by atoms with Gasteiger partial charge in [-0.25, -0.2) is 0 Å². The van der Waals surface area contributed by atoms with Crippen molar-refractivity contribution in [1.82, 2.24) is 9.88 Å². The van der Waals surface area contributed by atoms with Crippen LogP contribution in [0.25, 0.3) is 0 Å². The van der Waals surface area contributed by atoms with Crippen molar-refractivity contribution in [2.75, 3.05) is 5.75 Å². The first-order chi connectivity index (χ1) is 10.6. The highest BCUT2D eigenvalue weighted by molar-refractivity contribution is 7.85. The highest BCUT2D eigenvalue weighted by atomic mass is 32.2. The van der Waals surface area contributed by atoms with Gasteiger partial charge in [-0.15, -0.1) is 0 Å². The van der Waals surface area contributed by atoms with Crippen LogP contribution in [0.15, 0.2) is 47.5 Å². The number of nitrogens with zero attached hydrogens (tertiary/aromatic N) is 2. The Hall–Kier alpha value is -2.34. The topological polar surface area (TPSA) is 67.3 Å². The first-order valence-corrected chi connectivity index (χ1v) is 8.23. The zero-order chi connectivity index (χ0) is 15.7. The average molecular weight is 314 g/mol. The summed E-state index contributed by atoms with van der Waals surface area (Å²) < 4.78 is 12.1. The van der Waals surface area contributed by atoms with Crippen molar-refractivity contribution in [3.05, 3.63) is 59.4 Å². The fourth-order valence-electron chi connectivity index (χ4n) is 2.44. The van der Waals surface area contributed by atoms with E-state index in [4.69, 9.17) is 0 Å².